The van der Waals surface area contributed by atoms with E-state index in [9.17, 15) is 17.6 Å². The fourth-order valence-corrected chi connectivity index (χ4v) is 5.48. The van der Waals surface area contributed by atoms with Gasteiger partial charge in [-0.2, -0.15) is 5.10 Å². The van der Waals surface area contributed by atoms with E-state index >= 15 is 0 Å². The van der Waals surface area contributed by atoms with E-state index < -0.39 is 21.9 Å². The summed E-state index contributed by atoms with van der Waals surface area (Å²) in [5.74, 6) is -0.364. The fourth-order valence-electron chi connectivity index (χ4n) is 4.19. The van der Waals surface area contributed by atoms with Gasteiger partial charge in [0.25, 0.3) is 5.91 Å². The van der Waals surface area contributed by atoms with E-state index in [1.54, 1.807) is 27.8 Å². The highest BCUT2D eigenvalue weighted by atomic mass is 32.2. The first kappa shape index (κ1) is 23.0. The van der Waals surface area contributed by atoms with Crippen LogP contribution in [0.5, 0.6) is 0 Å². The largest absolute Gasteiger partial charge is 0.463 e. The van der Waals surface area contributed by atoms with Gasteiger partial charge in [0.1, 0.15) is 17.2 Å². The maximum atomic E-state index is 13.6. The van der Waals surface area contributed by atoms with E-state index in [1.165, 1.54) is 24.5 Å². The molecule has 1 N–H and O–H groups in total. The van der Waals surface area contributed by atoms with Crippen molar-refractivity contribution in [2.24, 2.45) is 0 Å². The number of amides is 1. The first-order valence-corrected chi connectivity index (χ1v) is 12.7. The number of para-hydroxylation sites is 1. The van der Waals surface area contributed by atoms with Gasteiger partial charge in [0.15, 0.2) is 5.76 Å². The van der Waals surface area contributed by atoms with Crippen molar-refractivity contribution in [3.63, 3.8) is 0 Å². The normalized spacial score (nSPS) is 16.4. The number of rotatable bonds is 6. The molecule has 3 heterocycles. The second-order valence-corrected chi connectivity index (χ2v) is 10.0. The minimum absolute atomic E-state index is 0.147. The van der Waals surface area contributed by atoms with Gasteiger partial charge < -0.3 is 9.32 Å². The van der Waals surface area contributed by atoms with Crippen LogP contribution >= 0.6 is 0 Å². The average Bonchev–Trinajstić information content (AvgIpc) is 3.54. The third-order valence-electron chi connectivity index (χ3n) is 5.84. The van der Waals surface area contributed by atoms with Gasteiger partial charge in [-0.1, -0.05) is 24.3 Å². The van der Waals surface area contributed by atoms with Crippen LogP contribution in [0.25, 0.3) is 17.1 Å². The molecule has 0 radical (unpaired) electrons. The number of benzene rings is 2. The highest BCUT2D eigenvalue weighted by molar-refractivity contribution is 7.89. The monoisotopic (exact) mass is 494 g/mol. The van der Waals surface area contributed by atoms with Gasteiger partial charge in [0.2, 0.25) is 10.0 Å². The molecule has 1 amide bonds. The van der Waals surface area contributed by atoms with Gasteiger partial charge in [-0.3, -0.25) is 4.79 Å². The van der Waals surface area contributed by atoms with Crippen LogP contribution in [0.2, 0.25) is 0 Å². The number of carbonyl (C=O) groups is 1. The molecule has 1 aliphatic heterocycles. The standard InChI is InChI=1S/C25H23FN4O4S/c26-18-7-4-11-21(15-18)35(32,33)28-19-8-5-13-29(17-19)25(31)23-16-22(24-12-6-14-34-24)27-30(23)20-9-2-1-3-10-20/h1-4,6-7,9-12,14-16,19,28H,5,8,13,17H2. The Morgan fingerprint density at radius 1 is 1.06 bits per heavy atom. The summed E-state index contributed by atoms with van der Waals surface area (Å²) in [6.07, 6.45) is 2.72. The van der Waals surface area contributed by atoms with Crippen LogP contribution < -0.4 is 4.72 Å². The smallest absolute Gasteiger partial charge is 0.272 e. The first-order chi connectivity index (χ1) is 16.9. The average molecular weight is 495 g/mol. The van der Waals surface area contributed by atoms with Crippen LogP contribution in [0.1, 0.15) is 23.3 Å². The highest BCUT2D eigenvalue weighted by Crippen LogP contribution is 2.24. The van der Waals surface area contributed by atoms with Crippen molar-refractivity contribution in [2.75, 3.05) is 13.1 Å². The number of sulfonamides is 1. The molecule has 0 bridgehead atoms. The molecule has 4 aromatic rings. The number of piperidine rings is 1. The van der Waals surface area contributed by atoms with Gasteiger partial charge in [-0.05, 0) is 55.3 Å². The Hall–Kier alpha value is -3.76. The van der Waals surface area contributed by atoms with Crippen LogP contribution in [0, 0.1) is 5.82 Å². The summed E-state index contributed by atoms with van der Waals surface area (Å²) in [5.41, 5.74) is 1.58. The molecule has 5 rings (SSSR count). The van der Waals surface area contributed by atoms with E-state index in [0.717, 1.165) is 6.07 Å². The minimum Gasteiger partial charge on any atom is -0.463 e. The second kappa shape index (κ2) is 9.47. The molecule has 35 heavy (non-hydrogen) atoms. The van der Waals surface area contributed by atoms with E-state index in [4.69, 9.17) is 4.42 Å². The molecule has 1 aliphatic rings. The number of hydrogen-bond donors (Lipinski definition) is 1. The molecule has 2 aromatic carbocycles. The zero-order chi connectivity index (χ0) is 24.4. The lowest BCUT2D eigenvalue weighted by Crippen LogP contribution is -2.49. The summed E-state index contributed by atoms with van der Waals surface area (Å²) in [7, 11) is -3.93. The van der Waals surface area contributed by atoms with Gasteiger partial charge in [-0.25, -0.2) is 22.2 Å². The zero-order valence-electron chi connectivity index (χ0n) is 18.7. The van der Waals surface area contributed by atoms with Crippen LogP contribution in [0.3, 0.4) is 0 Å². The molecule has 0 saturated carbocycles. The third-order valence-corrected chi connectivity index (χ3v) is 7.36. The third kappa shape index (κ3) is 4.89. The summed E-state index contributed by atoms with van der Waals surface area (Å²) in [4.78, 5) is 15.1. The molecule has 2 aromatic heterocycles. The van der Waals surface area contributed by atoms with Crippen molar-refractivity contribution < 1.29 is 22.0 Å². The van der Waals surface area contributed by atoms with Crippen molar-refractivity contribution in [3.05, 3.63) is 90.6 Å². The van der Waals surface area contributed by atoms with Crippen molar-refractivity contribution in [2.45, 2.75) is 23.8 Å². The Morgan fingerprint density at radius 3 is 2.63 bits per heavy atom. The summed E-state index contributed by atoms with van der Waals surface area (Å²) >= 11 is 0. The topological polar surface area (TPSA) is 97.4 Å². The molecule has 8 nitrogen and oxygen atoms in total. The van der Waals surface area contributed by atoms with Crippen molar-refractivity contribution in [3.8, 4) is 17.1 Å². The lowest BCUT2D eigenvalue weighted by atomic mass is 10.1. The Morgan fingerprint density at radius 2 is 1.89 bits per heavy atom. The van der Waals surface area contributed by atoms with E-state index in [1.807, 2.05) is 30.3 Å². The maximum Gasteiger partial charge on any atom is 0.272 e. The summed E-state index contributed by atoms with van der Waals surface area (Å²) < 4.78 is 48.7. The number of carbonyl (C=O) groups excluding carboxylic acids is 1. The van der Waals surface area contributed by atoms with Crippen molar-refractivity contribution >= 4 is 15.9 Å². The van der Waals surface area contributed by atoms with E-state index in [0.29, 0.717) is 42.2 Å². The molecule has 10 heteroatoms. The van der Waals surface area contributed by atoms with Gasteiger partial charge in [-0.15, -0.1) is 0 Å². The van der Waals surface area contributed by atoms with Gasteiger partial charge in [0, 0.05) is 25.2 Å². The highest BCUT2D eigenvalue weighted by Gasteiger charge is 2.30. The fraction of sp³-hybridized carbons (Fsp3) is 0.200. The van der Waals surface area contributed by atoms with Crippen molar-refractivity contribution in [1.29, 1.82) is 0 Å². The number of aromatic nitrogens is 2. The van der Waals surface area contributed by atoms with Crippen LogP contribution in [-0.2, 0) is 10.0 Å². The number of hydrogen-bond acceptors (Lipinski definition) is 5. The Balaban J connectivity index is 1.40. The predicted molar refractivity (Wildman–Crippen MR) is 127 cm³/mol. The maximum absolute atomic E-state index is 13.6. The summed E-state index contributed by atoms with van der Waals surface area (Å²) in [5, 5.41) is 4.59. The van der Waals surface area contributed by atoms with E-state index in [2.05, 4.69) is 9.82 Å². The second-order valence-electron chi connectivity index (χ2n) is 8.31. The molecule has 1 unspecified atom stereocenters. The molecule has 1 fully saturated rings. The van der Waals surface area contributed by atoms with Crippen LogP contribution in [-0.4, -0.2) is 48.1 Å². The molecule has 180 valence electrons. The number of furan rings is 1. The van der Waals surface area contributed by atoms with E-state index in [-0.39, 0.29) is 17.3 Å². The molecule has 1 atom stereocenters. The number of likely N-dealkylation sites (tertiary alicyclic amines) is 1. The number of nitrogens with zero attached hydrogens (tertiary/aromatic N) is 3. The Labute approximate surface area is 202 Å². The SMILES string of the molecule is O=C(c1cc(-c2ccco2)nn1-c1ccccc1)N1CCCC(NS(=O)(=O)c2cccc(F)c2)C1. The molecular formula is C25H23FN4O4S. The first-order valence-electron chi connectivity index (χ1n) is 11.2. The summed E-state index contributed by atoms with van der Waals surface area (Å²) in [6, 6.07) is 18.8. The quantitative estimate of drug-likeness (QED) is 0.439. The molecular weight excluding hydrogens is 471 g/mol. The number of halogens is 1. The lowest BCUT2D eigenvalue weighted by molar-refractivity contribution is 0.0694. The Kier molecular flexibility index (Phi) is 6.23. The van der Waals surface area contributed by atoms with Crippen LogP contribution in [0.4, 0.5) is 4.39 Å². The van der Waals surface area contributed by atoms with Crippen LogP contribution in [0.15, 0.2) is 88.4 Å². The van der Waals surface area contributed by atoms with Crippen molar-refractivity contribution in [1.82, 2.24) is 19.4 Å². The minimum atomic E-state index is -3.93. The molecule has 0 aliphatic carbocycles. The molecule has 0 spiro atoms. The predicted octanol–water partition coefficient (Wildman–Crippen LogP) is 3.85. The summed E-state index contributed by atoms with van der Waals surface area (Å²) in [6.45, 7) is 0.663. The lowest BCUT2D eigenvalue weighted by Gasteiger charge is -2.33. The molecule has 1 saturated heterocycles. The van der Waals surface area contributed by atoms with Gasteiger partial charge >= 0.3 is 0 Å². The Bertz CT molecular complexity index is 1440. The zero-order valence-corrected chi connectivity index (χ0v) is 19.5. The van der Waals surface area contributed by atoms with Gasteiger partial charge in [0.05, 0.1) is 16.8 Å². The number of nitrogens with one attached hydrogen (secondary N) is 1.